The maximum atomic E-state index is 12.3. The highest BCUT2D eigenvalue weighted by molar-refractivity contribution is 5.99. The first-order valence-electron chi connectivity index (χ1n) is 8.31. The lowest BCUT2D eigenvalue weighted by Crippen LogP contribution is -2.43. The number of rotatable bonds is 4. The van der Waals surface area contributed by atoms with Gasteiger partial charge in [-0.05, 0) is 62.2 Å². The van der Waals surface area contributed by atoms with Crippen LogP contribution in [0.15, 0.2) is 42.5 Å². The number of carbonyl (C=O) groups excluding carboxylic acids is 2. The number of aromatic amines is 1. The van der Waals surface area contributed by atoms with Crippen molar-refractivity contribution in [2.24, 2.45) is 0 Å². The van der Waals surface area contributed by atoms with Crippen molar-refractivity contribution in [2.75, 3.05) is 6.61 Å². The first-order chi connectivity index (χ1) is 12.4. The van der Waals surface area contributed by atoms with Crippen LogP contribution in [0.5, 0.6) is 5.75 Å². The minimum atomic E-state index is -0.436. The van der Waals surface area contributed by atoms with Gasteiger partial charge in [0.15, 0.2) is 6.61 Å². The molecular weight excluding hydrogens is 330 g/mol. The Morgan fingerprint density at radius 2 is 1.85 bits per heavy atom. The predicted octanol–water partition coefficient (Wildman–Crippen LogP) is 2.93. The van der Waals surface area contributed by atoms with E-state index in [0.29, 0.717) is 11.3 Å². The van der Waals surface area contributed by atoms with Gasteiger partial charge in [-0.25, -0.2) is 0 Å². The summed E-state index contributed by atoms with van der Waals surface area (Å²) in [6, 6.07) is 12.8. The van der Waals surface area contributed by atoms with Crippen LogP contribution in [0.4, 0.5) is 0 Å². The van der Waals surface area contributed by atoms with Gasteiger partial charge in [-0.1, -0.05) is 12.1 Å². The molecule has 0 aliphatic rings. The summed E-state index contributed by atoms with van der Waals surface area (Å²) in [5, 5.41) is 0.990. The van der Waals surface area contributed by atoms with Gasteiger partial charge in [-0.3, -0.25) is 20.4 Å². The van der Waals surface area contributed by atoms with Gasteiger partial charge in [0.25, 0.3) is 11.8 Å². The Morgan fingerprint density at radius 3 is 2.62 bits per heavy atom. The summed E-state index contributed by atoms with van der Waals surface area (Å²) in [6.45, 7) is 5.75. The summed E-state index contributed by atoms with van der Waals surface area (Å²) in [5.41, 5.74) is 9.44. The minimum Gasteiger partial charge on any atom is -0.484 e. The molecule has 2 aromatic carbocycles. The average molecular weight is 351 g/mol. The molecule has 3 rings (SSSR count). The summed E-state index contributed by atoms with van der Waals surface area (Å²) in [5.74, 6) is -0.209. The molecule has 1 heterocycles. The third kappa shape index (κ3) is 3.85. The van der Waals surface area contributed by atoms with E-state index in [0.717, 1.165) is 27.7 Å². The van der Waals surface area contributed by atoms with Gasteiger partial charge < -0.3 is 9.72 Å². The molecule has 3 aromatic rings. The van der Waals surface area contributed by atoms with Gasteiger partial charge in [0, 0.05) is 22.2 Å². The van der Waals surface area contributed by atoms with E-state index in [9.17, 15) is 9.59 Å². The van der Waals surface area contributed by atoms with E-state index in [1.807, 2.05) is 45.0 Å². The molecule has 0 saturated heterocycles. The van der Waals surface area contributed by atoms with Crippen LogP contribution in [-0.2, 0) is 4.79 Å². The van der Waals surface area contributed by atoms with Crippen molar-refractivity contribution in [3.05, 3.63) is 64.8 Å². The number of benzene rings is 2. The number of carbonyl (C=O) groups is 2. The lowest BCUT2D eigenvalue weighted by molar-refractivity contribution is -0.123. The lowest BCUT2D eigenvalue weighted by atomic mass is 10.1. The molecule has 0 radical (unpaired) electrons. The molecule has 26 heavy (non-hydrogen) atoms. The molecule has 0 saturated carbocycles. The highest BCUT2D eigenvalue weighted by Gasteiger charge is 2.11. The molecule has 0 unspecified atom stereocenters. The monoisotopic (exact) mass is 351 g/mol. The molecule has 0 aliphatic carbocycles. The Kier molecular flexibility index (Phi) is 4.93. The quantitative estimate of drug-likeness (QED) is 0.632. The number of nitrogens with one attached hydrogen (secondary N) is 3. The largest absolute Gasteiger partial charge is 0.484 e. The van der Waals surface area contributed by atoms with E-state index in [2.05, 4.69) is 15.8 Å². The third-order valence-corrected chi connectivity index (χ3v) is 4.25. The topological polar surface area (TPSA) is 83.2 Å². The highest BCUT2D eigenvalue weighted by atomic mass is 16.5. The molecule has 0 bridgehead atoms. The Morgan fingerprint density at radius 1 is 1.04 bits per heavy atom. The smallest absolute Gasteiger partial charge is 0.276 e. The first-order valence-corrected chi connectivity index (χ1v) is 8.31. The maximum Gasteiger partial charge on any atom is 0.276 e. The van der Waals surface area contributed by atoms with Crippen molar-refractivity contribution in [1.82, 2.24) is 15.8 Å². The first kappa shape index (κ1) is 17.5. The molecule has 6 nitrogen and oxygen atoms in total. The minimum absolute atomic E-state index is 0.182. The SMILES string of the molecule is Cc1cccc(OCC(=O)NNC(=O)c2ccc3[nH]c(C)c(C)c3c2)c1. The summed E-state index contributed by atoms with van der Waals surface area (Å²) < 4.78 is 5.40. The summed E-state index contributed by atoms with van der Waals surface area (Å²) in [4.78, 5) is 27.4. The number of hydrazine groups is 1. The second-order valence-corrected chi connectivity index (χ2v) is 6.24. The van der Waals surface area contributed by atoms with Crippen LogP contribution in [0.3, 0.4) is 0 Å². The number of H-pyrrole nitrogens is 1. The Hall–Kier alpha value is -3.28. The number of ether oxygens (including phenoxy) is 1. The molecular formula is C20H21N3O3. The lowest BCUT2D eigenvalue weighted by Gasteiger charge is -2.09. The van der Waals surface area contributed by atoms with Gasteiger partial charge in [0.2, 0.25) is 0 Å². The van der Waals surface area contributed by atoms with Crippen LogP contribution in [0, 0.1) is 20.8 Å². The third-order valence-electron chi connectivity index (χ3n) is 4.25. The van der Waals surface area contributed by atoms with Crippen molar-refractivity contribution in [3.8, 4) is 5.75 Å². The van der Waals surface area contributed by atoms with E-state index < -0.39 is 5.91 Å². The second-order valence-electron chi connectivity index (χ2n) is 6.24. The number of aryl methyl sites for hydroxylation is 3. The van der Waals surface area contributed by atoms with E-state index in [1.54, 1.807) is 18.2 Å². The fourth-order valence-corrected chi connectivity index (χ4v) is 2.69. The average Bonchev–Trinajstić information content (AvgIpc) is 2.91. The van der Waals surface area contributed by atoms with Crippen molar-refractivity contribution in [3.63, 3.8) is 0 Å². The number of hydrogen-bond acceptors (Lipinski definition) is 3. The van der Waals surface area contributed by atoms with Crippen molar-refractivity contribution >= 4 is 22.7 Å². The van der Waals surface area contributed by atoms with Crippen molar-refractivity contribution in [1.29, 1.82) is 0 Å². The molecule has 0 atom stereocenters. The van der Waals surface area contributed by atoms with E-state index in [-0.39, 0.29) is 12.5 Å². The molecule has 3 N–H and O–H groups in total. The van der Waals surface area contributed by atoms with Crippen LogP contribution in [0.1, 0.15) is 27.2 Å². The molecule has 0 aliphatic heterocycles. The molecule has 2 amide bonds. The van der Waals surface area contributed by atoms with E-state index >= 15 is 0 Å². The van der Waals surface area contributed by atoms with Crippen LogP contribution in [-0.4, -0.2) is 23.4 Å². The predicted molar refractivity (Wildman–Crippen MR) is 100 cm³/mol. The van der Waals surface area contributed by atoms with Gasteiger partial charge >= 0.3 is 0 Å². The summed E-state index contributed by atoms with van der Waals surface area (Å²) in [6.07, 6.45) is 0. The molecule has 134 valence electrons. The molecule has 6 heteroatoms. The van der Waals surface area contributed by atoms with Gasteiger partial charge in [-0.2, -0.15) is 0 Å². The number of amides is 2. The fraction of sp³-hybridized carbons (Fsp3) is 0.200. The van der Waals surface area contributed by atoms with Gasteiger partial charge in [0.05, 0.1) is 0 Å². The molecule has 0 fully saturated rings. The number of aromatic nitrogens is 1. The Labute approximate surface area is 151 Å². The number of hydrogen-bond donors (Lipinski definition) is 3. The van der Waals surface area contributed by atoms with Crippen molar-refractivity contribution in [2.45, 2.75) is 20.8 Å². The number of fused-ring (bicyclic) bond motifs is 1. The van der Waals surface area contributed by atoms with Crippen LogP contribution in [0.25, 0.3) is 10.9 Å². The van der Waals surface area contributed by atoms with E-state index in [1.165, 1.54) is 0 Å². The van der Waals surface area contributed by atoms with Crippen LogP contribution in [0.2, 0.25) is 0 Å². The Bertz CT molecular complexity index is 976. The second kappa shape index (κ2) is 7.31. The van der Waals surface area contributed by atoms with E-state index in [4.69, 9.17) is 4.74 Å². The fourth-order valence-electron chi connectivity index (χ4n) is 2.69. The zero-order chi connectivity index (χ0) is 18.7. The highest BCUT2D eigenvalue weighted by Crippen LogP contribution is 2.22. The Balaban J connectivity index is 1.56. The molecule has 0 spiro atoms. The molecule has 1 aromatic heterocycles. The normalized spacial score (nSPS) is 10.6. The zero-order valence-corrected chi connectivity index (χ0v) is 15.0. The zero-order valence-electron chi connectivity index (χ0n) is 15.0. The summed E-state index contributed by atoms with van der Waals surface area (Å²) in [7, 11) is 0. The van der Waals surface area contributed by atoms with Gasteiger partial charge in [0.1, 0.15) is 5.75 Å². The van der Waals surface area contributed by atoms with Crippen LogP contribution < -0.4 is 15.6 Å². The van der Waals surface area contributed by atoms with Crippen LogP contribution >= 0.6 is 0 Å². The standard InChI is InChI=1S/C20H21N3O3/c1-12-5-4-6-16(9-12)26-11-19(24)22-23-20(25)15-7-8-18-17(10-15)13(2)14(3)21-18/h4-10,21H,11H2,1-3H3,(H,22,24)(H,23,25). The van der Waals surface area contributed by atoms with Gasteiger partial charge in [-0.15, -0.1) is 0 Å². The summed E-state index contributed by atoms with van der Waals surface area (Å²) >= 11 is 0. The maximum absolute atomic E-state index is 12.3. The van der Waals surface area contributed by atoms with Crippen molar-refractivity contribution < 1.29 is 14.3 Å².